The molecule has 0 fully saturated rings. The standard InChI is InChI=1S/C10H8N2O2.2ClH.Co/c13-9-5-1-3-7(11-9)8-4-2-6-10(14)12-8;;;/h1-6H,(H,11,13)(H,12,14);2*1H;/q;;;+2/p-2. The van der Waals surface area contributed by atoms with Crippen molar-refractivity contribution in [2.75, 3.05) is 0 Å². The summed E-state index contributed by atoms with van der Waals surface area (Å²) in [4.78, 5) is 7.73. The molecule has 0 amide bonds. The molecule has 0 aliphatic rings. The molecular formula is C10H8Cl2CoN2O2. The fourth-order valence-corrected chi connectivity index (χ4v) is 1.13. The summed E-state index contributed by atoms with van der Waals surface area (Å²) in [7, 11) is 9.47. The average molecular weight is 318 g/mol. The van der Waals surface area contributed by atoms with Crippen molar-refractivity contribution < 1.29 is 23.1 Å². The molecule has 0 aromatic carbocycles. The van der Waals surface area contributed by atoms with E-state index in [-0.39, 0.29) is 11.8 Å². The Balaban J connectivity index is 0.000000437. The first-order valence-electron chi connectivity index (χ1n) is 4.33. The van der Waals surface area contributed by atoms with Crippen molar-refractivity contribution in [3.8, 4) is 23.1 Å². The van der Waals surface area contributed by atoms with E-state index in [4.69, 9.17) is 30.5 Å². The van der Waals surface area contributed by atoms with E-state index in [2.05, 4.69) is 9.97 Å². The van der Waals surface area contributed by atoms with Crippen LogP contribution in [0.2, 0.25) is 0 Å². The molecule has 0 aliphatic heterocycles. The second-order valence-corrected chi connectivity index (χ2v) is 4.53. The Morgan fingerprint density at radius 1 is 0.824 bits per heavy atom. The fraction of sp³-hybridized carbons (Fsp3) is 0. The summed E-state index contributed by atoms with van der Waals surface area (Å²) in [5, 5.41) is 18.3. The van der Waals surface area contributed by atoms with Crippen molar-refractivity contribution in [1.82, 2.24) is 9.97 Å². The Morgan fingerprint density at radius 3 is 1.47 bits per heavy atom. The Bertz CT molecular complexity index is 442. The zero-order valence-corrected chi connectivity index (χ0v) is 10.9. The molecule has 93 valence electrons. The topological polar surface area (TPSA) is 66.2 Å². The van der Waals surface area contributed by atoms with Gasteiger partial charge in [0.2, 0.25) is 11.8 Å². The predicted octanol–water partition coefficient (Wildman–Crippen LogP) is 2.93. The molecule has 0 radical (unpaired) electrons. The molecule has 2 rings (SSSR count). The predicted molar refractivity (Wildman–Crippen MR) is 62.5 cm³/mol. The summed E-state index contributed by atoms with van der Waals surface area (Å²) in [5.74, 6) is -0.125. The van der Waals surface area contributed by atoms with Gasteiger partial charge in [0.15, 0.2) is 0 Å². The number of nitrogens with zero attached hydrogens (tertiary/aromatic N) is 2. The Kier molecular flexibility index (Phi) is 6.07. The van der Waals surface area contributed by atoms with Gasteiger partial charge in [-0.2, -0.15) is 0 Å². The Hall–Kier alpha value is -1.01. The summed E-state index contributed by atoms with van der Waals surface area (Å²) in [6, 6.07) is 9.72. The maximum absolute atomic E-state index is 9.14. The molecule has 0 unspecified atom stereocenters. The van der Waals surface area contributed by atoms with Gasteiger partial charge in [0.05, 0.1) is 11.4 Å². The van der Waals surface area contributed by atoms with Crippen molar-refractivity contribution in [3.05, 3.63) is 36.4 Å². The number of halogens is 2. The van der Waals surface area contributed by atoms with Gasteiger partial charge >= 0.3 is 33.2 Å². The van der Waals surface area contributed by atoms with E-state index in [1.807, 2.05) is 0 Å². The van der Waals surface area contributed by atoms with Crippen LogP contribution in [0, 0.1) is 0 Å². The van der Waals surface area contributed by atoms with Crippen molar-refractivity contribution in [2.45, 2.75) is 0 Å². The van der Waals surface area contributed by atoms with Crippen LogP contribution in [0.15, 0.2) is 36.4 Å². The fourth-order valence-electron chi connectivity index (χ4n) is 1.13. The number of aromatic nitrogens is 2. The molecule has 7 heteroatoms. The average Bonchev–Trinajstić information content (AvgIpc) is 2.30. The number of hydrogen-bond donors (Lipinski definition) is 2. The van der Waals surface area contributed by atoms with Gasteiger partial charge in [0, 0.05) is 12.1 Å². The van der Waals surface area contributed by atoms with Crippen LogP contribution < -0.4 is 0 Å². The molecule has 0 atom stereocenters. The third kappa shape index (κ3) is 4.78. The van der Waals surface area contributed by atoms with E-state index >= 15 is 0 Å². The number of pyridine rings is 2. The van der Waals surface area contributed by atoms with Gasteiger partial charge in [0.1, 0.15) is 0 Å². The van der Waals surface area contributed by atoms with Crippen LogP contribution in [0.3, 0.4) is 0 Å². The van der Waals surface area contributed by atoms with Gasteiger partial charge in [-0.1, -0.05) is 12.1 Å². The number of aromatic hydroxyl groups is 2. The van der Waals surface area contributed by atoms with E-state index in [0.29, 0.717) is 24.3 Å². The van der Waals surface area contributed by atoms with E-state index in [0.717, 1.165) is 0 Å². The number of rotatable bonds is 1. The second kappa shape index (κ2) is 7.34. The van der Waals surface area contributed by atoms with Crippen molar-refractivity contribution >= 4 is 20.3 Å². The molecule has 17 heavy (non-hydrogen) atoms. The molecular weight excluding hydrogens is 310 g/mol. The SMILES string of the molecule is Oc1cccc(-c2cccc(O)n2)n1.[Cl][Co][Cl]. The Morgan fingerprint density at radius 2 is 1.18 bits per heavy atom. The summed E-state index contributed by atoms with van der Waals surface area (Å²) in [6.07, 6.45) is 0. The first-order chi connectivity index (χ1) is 8.17. The van der Waals surface area contributed by atoms with Gasteiger partial charge in [-0.05, 0) is 12.1 Å². The van der Waals surface area contributed by atoms with Crippen LogP contribution in [-0.2, 0) is 12.9 Å². The van der Waals surface area contributed by atoms with Crippen molar-refractivity contribution in [1.29, 1.82) is 0 Å². The quantitative estimate of drug-likeness (QED) is 0.848. The van der Waals surface area contributed by atoms with Gasteiger partial charge < -0.3 is 10.2 Å². The molecule has 4 nitrogen and oxygen atoms in total. The van der Waals surface area contributed by atoms with E-state index in [1.54, 1.807) is 24.3 Å². The van der Waals surface area contributed by atoms with Gasteiger partial charge in [0.25, 0.3) is 0 Å². The molecule has 0 saturated carbocycles. The summed E-state index contributed by atoms with van der Waals surface area (Å²) in [6.45, 7) is 0. The molecule has 0 aliphatic carbocycles. The van der Waals surface area contributed by atoms with Gasteiger partial charge in [-0.15, -0.1) is 0 Å². The normalized spacial score (nSPS) is 9.53. The second-order valence-electron chi connectivity index (χ2n) is 2.81. The van der Waals surface area contributed by atoms with Crippen LogP contribution in [0.5, 0.6) is 11.8 Å². The molecule has 0 bridgehead atoms. The van der Waals surface area contributed by atoms with Crippen LogP contribution in [-0.4, -0.2) is 20.2 Å². The van der Waals surface area contributed by atoms with Crippen LogP contribution in [0.4, 0.5) is 0 Å². The maximum atomic E-state index is 9.14. The summed E-state index contributed by atoms with van der Waals surface area (Å²) < 4.78 is 0. The molecule has 2 aromatic rings. The minimum atomic E-state index is -0.0624. The van der Waals surface area contributed by atoms with E-state index in [9.17, 15) is 0 Å². The molecule has 2 aromatic heterocycles. The monoisotopic (exact) mass is 317 g/mol. The third-order valence-electron chi connectivity index (χ3n) is 1.73. The molecule has 2 heterocycles. The zero-order chi connectivity index (χ0) is 12.7. The van der Waals surface area contributed by atoms with Crippen molar-refractivity contribution in [3.63, 3.8) is 0 Å². The van der Waals surface area contributed by atoms with Crippen molar-refractivity contribution in [2.24, 2.45) is 0 Å². The van der Waals surface area contributed by atoms with Gasteiger partial charge in [-0.25, -0.2) is 9.97 Å². The molecule has 0 saturated heterocycles. The van der Waals surface area contributed by atoms with E-state index in [1.165, 1.54) is 12.1 Å². The summed E-state index contributed by atoms with van der Waals surface area (Å²) in [5.41, 5.74) is 1.06. The van der Waals surface area contributed by atoms with Gasteiger partial charge in [-0.3, -0.25) is 0 Å². The first kappa shape index (κ1) is 14.0. The first-order valence-corrected chi connectivity index (χ1v) is 7.20. The number of hydrogen-bond acceptors (Lipinski definition) is 4. The molecule has 0 spiro atoms. The molecule has 2 N–H and O–H groups in total. The zero-order valence-electron chi connectivity index (χ0n) is 8.34. The van der Waals surface area contributed by atoms with Crippen LogP contribution in [0.1, 0.15) is 0 Å². The van der Waals surface area contributed by atoms with Crippen LogP contribution >= 0.6 is 20.3 Å². The Labute approximate surface area is 113 Å². The summed E-state index contributed by atoms with van der Waals surface area (Å²) >= 11 is 0.382. The van der Waals surface area contributed by atoms with E-state index < -0.39 is 0 Å². The third-order valence-corrected chi connectivity index (χ3v) is 1.73. The minimum absolute atomic E-state index is 0.0624. The van der Waals surface area contributed by atoms with Crippen LogP contribution in [0.25, 0.3) is 11.4 Å².